The zero-order valence-electron chi connectivity index (χ0n) is 12.8. The molecule has 0 saturated carbocycles. The number of piperidine rings is 1. The number of nitrogens with one attached hydrogen (secondary N) is 3. The number of nitrogens with zero attached hydrogens (tertiary/aromatic N) is 1. The van der Waals surface area contributed by atoms with Crippen LogP contribution in [0.5, 0.6) is 0 Å². The van der Waals surface area contributed by atoms with Crippen LogP contribution in [0.25, 0.3) is 11.0 Å². The first-order valence-electron chi connectivity index (χ1n) is 7.64. The summed E-state index contributed by atoms with van der Waals surface area (Å²) in [5.41, 5.74) is 3.21. The molecule has 3 N–H and O–H groups in total. The lowest BCUT2D eigenvalue weighted by molar-refractivity contribution is 0.137. The second-order valence-electron chi connectivity index (χ2n) is 6.68. The summed E-state index contributed by atoms with van der Waals surface area (Å²) in [6.45, 7) is 6.64. The molecular formula is C16H24N4O. The summed E-state index contributed by atoms with van der Waals surface area (Å²) in [7, 11) is 2.19. The van der Waals surface area contributed by atoms with Gasteiger partial charge in [-0.3, -0.25) is 0 Å². The number of H-pyrrole nitrogens is 2. The summed E-state index contributed by atoms with van der Waals surface area (Å²) in [5, 5.41) is 3.58. The van der Waals surface area contributed by atoms with E-state index in [4.69, 9.17) is 0 Å². The average molecular weight is 288 g/mol. The highest BCUT2D eigenvalue weighted by Crippen LogP contribution is 2.29. The van der Waals surface area contributed by atoms with Gasteiger partial charge in [0.25, 0.3) is 0 Å². The molecule has 5 nitrogen and oxygen atoms in total. The van der Waals surface area contributed by atoms with Crippen LogP contribution in [0.4, 0.5) is 0 Å². The molecule has 2 aromatic rings. The molecule has 2 heterocycles. The lowest BCUT2D eigenvalue weighted by atomic mass is 9.80. The van der Waals surface area contributed by atoms with Crippen LogP contribution in [0.15, 0.2) is 23.0 Å². The quantitative estimate of drug-likeness (QED) is 0.802. The largest absolute Gasteiger partial charge is 0.323 e. The van der Waals surface area contributed by atoms with Crippen LogP contribution in [0.3, 0.4) is 0 Å². The van der Waals surface area contributed by atoms with E-state index in [0.717, 1.165) is 24.1 Å². The molecule has 0 bridgehead atoms. The molecule has 5 heteroatoms. The fourth-order valence-electron chi connectivity index (χ4n) is 3.03. The molecule has 114 valence electrons. The highest BCUT2D eigenvalue weighted by Gasteiger charge is 2.28. The van der Waals surface area contributed by atoms with Crippen molar-refractivity contribution in [2.75, 3.05) is 26.7 Å². The number of hydrogen-bond acceptors (Lipinski definition) is 3. The van der Waals surface area contributed by atoms with E-state index < -0.39 is 0 Å². The third-order valence-electron chi connectivity index (χ3n) is 4.66. The van der Waals surface area contributed by atoms with Crippen molar-refractivity contribution in [3.8, 4) is 0 Å². The molecule has 0 atom stereocenters. The maximum atomic E-state index is 11.3. The van der Waals surface area contributed by atoms with Crippen LogP contribution in [-0.4, -0.2) is 41.5 Å². The first-order chi connectivity index (χ1) is 10.0. The van der Waals surface area contributed by atoms with E-state index in [-0.39, 0.29) is 5.69 Å². The van der Waals surface area contributed by atoms with Gasteiger partial charge < -0.3 is 20.2 Å². The second-order valence-corrected chi connectivity index (χ2v) is 6.68. The van der Waals surface area contributed by atoms with Crippen LogP contribution in [0, 0.1) is 5.41 Å². The van der Waals surface area contributed by atoms with E-state index in [1.165, 1.54) is 31.5 Å². The lowest BCUT2D eigenvalue weighted by Gasteiger charge is -2.38. The van der Waals surface area contributed by atoms with E-state index in [0.29, 0.717) is 5.41 Å². The van der Waals surface area contributed by atoms with E-state index in [9.17, 15) is 4.79 Å². The van der Waals surface area contributed by atoms with Gasteiger partial charge in [-0.2, -0.15) is 0 Å². The Morgan fingerprint density at radius 1 is 1.24 bits per heavy atom. The van der Waals surface area contributed by atoms with Crippen LogP contribution >= 0.6 is 0 Å². The standard InChI is InChI=1S/C16H24N4O/c1-16(5-7-20(2)8-6-16)11-17-10-12-3-4-13-14(9-12)19-15(21)18-13/h3-4,9,17H,5-8,10-11H2,1-2H3,(H2,18,19,21). The smallest absolute Gasteiger partial charge is 0.312 e. The highest BCUT2D eigenvalue weighted by atomic mass is 16.1. The summed E-state index contributed by atoms with van der Waals surface area (Å²) < 4.78 is 0. The van der Waals surface area contributed by atoms with Gasteiger partial charge in [-0.1, -0.05) is 13.0 Å². The minimum Gasteiger partial charge on any atom is -0.312 e. The van der Waals surface area contributed by atoms with E-state index in [2.05, 4.69) is 40.2 Å². The monoisotopic (exact) mass is 288 g/mol. The van der Waals surface area contributed by atoms with Crippen LogP contribution < -0.4 is 11.0 Å². The van der Waals surface area contributed by atoms with E-state index >= 15 is 0 Å². The number of aromatic nitrogens is 2. The van der Waals surface area contributed by atoms with Gasteiger partial charge in [-0.25, -0.2) is 4.79 Å². The molecular weight excluding hydrogens is 264 g/mol. The molecule has 1 saturated heterocycles. The van der Waals surface area contributed by atoms with Gasteiger partial charge in [0.05, 0.1) is 11.0 Å². The summed E-state index contributed by atoms with van der Waals surface area (Å²) in [6.07, 6.45) is 2.50. The molecule has 3 rings (SSSR count). The number of imidazole rings is 1. The zero-order chi connectivity index (χ0) is 14.9. The molecule has 1 fully saturated rings. The predicted octanol–water partition coefficient (Wildman–Crippen LogP) is 1.68. The average Bonchev–Trinajstić information content (AvgIpc) is 2.82. The van der Waals surface area contributed by atoms with Crippen LogP contribution in [0.2, 0.25) is 0 Å². The Morgan fingerprint density at radius 3 is 2.71 bits per heavy atom. The highest BCUT2D eigenvalue weighted by molar-refractivity contribution is 5.74. The van der Waals surface area contributed by atoms with Gasteiger partial charge in [-0.15, -0.1) is 0 Å². The van der Waals surface area contributed by atoms with Crippen LogP contribution in [-0.2, 0) is 6.54 Å². The van der Waals surface area contributed by atoms with Gasteiger partial charge in [-0.05, 0) is 56.1 Å². The third kappa shape index (κ3) is 3.36. The first-order valence-corrected chi connectivity index (χ1v) is 7.64. The molecule has 0 aliphatic carbocycles. The van der Waals surface area contributed by atoms with Crippen molar-refractivity contribution < 1.29 is 0 Å². The summed E-state index contributed by atoms with van der Waals surface area (Å²) in [5.74, 6) is 0. The van der Waals surface area contributed by atoms with Gasteiger partial charge in [0.2, 0.25) is 0 Å². The van der Waals surface area contributed by atoms with Crippen molar-refractivity contribution in [1.82, 2.24) is 20.2 Å². The predicted molar refractivity (Wildman–Crippen MR) is 85.5 cm³/mol. The fourth-order valence-corrected chi connectivity index (χ4v) is 3.03. The normalized spacial score (nSPS) is 19.1. The van der Waals surface area contributed by atoms with Gasteiger partial charge in [0, 0.05) is 13.1 Å². The summed E-state index contributed by atoms with van der Waals surface area (Å²) in [4.78, 5) is 19.2. The van der Waals surface area contributed by atoms with Gasteiger partial charge in [0.1, 0.15) is 0 Å². The zero-order valence-corrected chi connectivity index (χ0v) is 12.8. The van der Waals surface area contributed by atoms with Gasteiger partial charge in [0.15, 0.2) is 0 Å². The molecule has 1 aromatic heterocycles. The summed E-state index contributed by atoms with van der Waals surface area (Å²) >= 11 is 0. The van der Waals surface area contributed by atoms with E-state index in [1.54, 1.807) is 0 Å². The molecule has 0 amide bonds. The van der Waals surface area contributed by atoms with Crippen LogP contribution in [0.1, 0.15) is 25.3 Å². The van der Waals surface area contributed by atoms with Crippen molar-refractivity contribution in [3.05, 3.63) is 34.2 Å². The Kier molecular flexibility index (Phi) is 3.87. The molecule has 0 radical (unpaired) electrons. The summed E-state index contributed by atoms with van der Waals surface area (Å²) in [6, 6.07) is 6.06. The number of benzene rings is 1. The number of rotatable bonds is 4. The third-order valence-corrected chi connectivity index (χ3v) is 4.66. The maximum absolute atomic E-state index is 11.3. The number of hydrogen-bond donors (Lipinski definition) is 3. The van der Waals surface area contributed by atoms with Crippen molar-refractivity contribution in [2.45, 2.75) is 26.3 Å². The SMILES string of the molecule is CN1CCC(C)(CNCc2ccc3[nH]c(=O)[nH]c3c2)CC1. The fraction of sp³-hybridized carbons (Fsp3) is 0.562. The first kappa shape index (κ1) is 14.4. The molecule has 21 heavy (non-hydrogen) atoms. The van der Waals surface area contributed by atoms with Gasteiger partial charge >= 0.3 is 5.69 Å². The Labute approximate surface area is 124 Å². The Hall–Kier alpha value is -1.59. The van der Waals surface area contributed by atoms with Crippen molar-refractivity contribution in [1.29, 1.82) is 0 Å². The maximum Gasteiger partial charge on any atom is 0.323 e. The minimum atomic E-state index is -0.144. The van der Waals surface area contributed by atoms with E-state index in [1.807, 2.05) is 12.1 Å². The van der Waals surface area contributed by atoms with Crippen molar-refractivity contribution in [3.63, 3.8) is 0 Å². The molecule has 0 unspecified atom stereocenters. The molecule has 1 aromatic carbocycles. The minimum absolute atomic E-state index is 0.144. The molecule has 1 aliphatic heterocycles. The topological polar surface area (TPSA) is 63.9 Å². The second kappa shape index (κ2) is 5.66. The Balaban J connectivity index is 1.57. The molecule has 1 aliphatic rings. The number of likely N-dealkylation sites (tertiary alicyclic amines) is 1. The Morgan fingerprint density at radius 2 is 1.95 bits per heavy atom. The lowest BCUT2D eigenvalue weighted by Crippen LogP contribution is -2.41. The van der Waals surface area contributed by atoms with Crippen molar-refractivity contribution in [2.24, 2.45) is 5.41 Å². The Bertz CT molecular complexity index is 664. The van der Waals surface area contributed by atoms with Crippen molar-refractivity contribution >= 4 is 11.0 Å². The molecule has 0 spiro atoms. The number of aromatic amines is 2. The number of fused-ring (bicyclic) bond motifs is 1.